The number of aliphatic hydroxyl groups is 1. The minimum absolute atomic E-state index is 0.0281. The van der Waals surface area contributed by atoms with Gasteiger partial charge in [-0.15, -0.1) is 0 Å². The summed E-state index contributed by atoms with van der Waals surface area (Å²) >= 11 is 0. The van der Waals surface area contributed by atoms with E-state index in [1.165, 1.54) is 38.5 Å². The molecule has 8 nitrogen and oxygen atoms in total. The molecule has 0 saturated heterocycles. The van der Waals surface area contributed by atoms with Crippen LogP contribution in [0.2, 0.25) is 0 Å². The maximum atomic E-state index is 12.9. The molecule has 0 bridgehead atoms. The summed E-state index contributed by atoms with van der Waals surface area (Å²) in [4.78, 5) is 25.5. The first kappa shape index (κ1) is 72.6. The van der Waals surface area contributed by atoms with Crippen LogP contribution in [0.4, 0.5) is 0 Å². The molecule has 0 radical (unpaired) electrons. The predicted molar refractivity (Wildman–Crippen MR) is 333 cm³/mol. The van der Waals surface area contributed by atoms with Crippen molar-refractivity contribution in [3.63, 3.8) is 0 Å². The third-order valence-electron chi connectivity index (χ3n) is 11.8. The van der Waals surface area contributed by atoms with Crippen LogP contribution in [0, 0.1) is 0 Å². The average molecular weight is 1080 g/mol. The summed E-state index contributed by atoms with van der Waals surface area (Å²) in [5, 5.41) is 13.8. The van der Waals surface area contributed by atoms with Crippen LogP contribution in [0.5, 0.6) is 0 Å². The van der Waals surface area contributed by atoms with Gasteiger partial charge in [0.1, 0.15) is 13.2 Å². The first-order valence-corrected chi connectivity index (χ1v) is 31.1. The zero-order valence-electron chi connectivity index (χ0n) is 49.1. The molecule has 0 saturated carbocycles. The maximum absolute atomic E-state index is 12.9. The molecule has 0 rings (SSSR count). The zero-order chi connectivity index (χ0) is 56.3. The molecule has 0 aliphatic carbocycles. The topological polar surface area (TPSA) is 108 Å². The fourth-order valence-corrected chi connectivity index (χ4v) is 7.94. The SMILES string of the molecule is CC/C=C\C/C=C\C/C=C\C/C=C\C/C=C\C/C=C\C/C=C\C/C=C\C/C=C\C/C=C\C/C=C\C/C=C\CCCCC(=O)NC(COP(=O)([O-])OCC[N+](C)(C)C)C(O)/C=C/CC/C=C/CC/C=C/CCCCCCCC. The van der Waals surface area contributed by atoms with Crippen molar-refractivity contribution in [3.8, 4) is 0 Å². The predicted octanol–water partition coefficient (Wildman–Crippen LogP) is 18.0. The number of nitrogens with zero attached hydrogens (tertiary/aromatic N) is 1. The Morgan fingerprint density at radius 2 is 0.805 bits per heavy atom. The molecule has 3 atom stereocenters. The van der Waals surface area contributed by atoms with Crippen LogP contribution in [0.3, 0.4) is 0 Å². The third-order valence-corrected chi connectivity index (χ3v) is 12.8. The molecule has 0 aromatic heterocycles. The summed E-state index contributed by atoms with van der Waals surface area (Å²) in [6, 6.07) is -0.947. The number of phosphoric acid groups is 1. The molecule has 1 amide bonds. The number of nitrogens with one attached hydrogen (secondary N) is 1. The van der Waals surface area contributed by atoms with E-state index in [9.17, 15) is 19.4 Å². The summed E-state index contributed by atoms with van der Waals surface area (Å²) in [6.45, 7) is 4.43. The highest BCUT2D eigenvalue weighted by atomic mass is 31.2. The summed E-state index contributed by atoms with van der Waals surface area (Å²) < 4.78 is 23.3. The normalized spacial score (nSPS) is 15.2. The van der Waals surface area contributed by atoms with E-state index in [-0.39, 0.29) is 18.9 Å². The van der Waals surface area contributed by atoms with Crippen molar-refractivity contribution >= 4 is 13.7 Å². The van der Waals surface area contributed by atoms with Crippen molar-refractivity contribution in [2.24, 2.45) is 0 Å². The number of phosphoric ester groups is 1. The minimum atomic E-state index is -4.63. The highest BCUT2D eigenvalue weighted by Crippen LogP contribution is 2.38. The second kappa shape index (κ2) is 56.3. The van der Waals surface area contributed by atoms with E-state index in [4.69, 9.17) is 9.05 Å². The molecule has 0 aromatic rings. The number of carbonyl (C=O) groups excluding carboxylic acids is 1. The van der Waals surface area contributed by atoms with Crippen LogP contribution in [-0.4, -0.2) is 68.5 Å². The summed E-state index contributed by atoms with van der Waals surface area (Å²) in [5.41, 5.74) is 0. The molecule has 0 heterocycles. The number of carbonyl (C=O) groups is 1. The average Bonchev–Trinajstić information content (AvgIpc) is 3.39. The van der Waals surface area contributed by atoms with Gasteiger partial charge in [-0.05, 0) is 135 Å². The molecular formula is C68H109N2O6P. The van der Waals surface area contributed by atoms with Crippen molar-refractivity contribution in [2.75, 3.05) is 40.9 Å². The van der Waals surface area contributed by atoms with Gasteiger partial charge >= 0.3 is 0 Å². The third kappa shape index (κ3) is 59.1. The number of rotatable bonds is 51. The summed E-state index contributed by atoms with van der Waals surface area (Å²) in [6.07, 6.45) is 91.3. The second-order valence-corrected chi connectivity index (χ2v) is 21.7. The van der Waals surface area contributed by atoms with Crippen molar-refractivity contribution in [1.82, 2.24) is 5.32 Å². The quantitative estimate of drug-likeness (QED) is 0.0272. The van der Waals surface area contributed by atoms with Gasteiger partial charge in [-0.2, -0.15) is 0 Å². The van der Waals surface area contributed by atoms with E-state index in [0.29, 0.717) is 23.9 Å². The molecule has 9 heteroatoms. The van der Waals surface area contributed by atoms with Gasteiger partial charge in [0, 0.05) is 6.42 Å². The van der Waals surface area contributed by atoms with Crippen LogP contribution in [-0.2, 0) is 18.4 Å². The fraction of sp³-hybridized carbons (Fsp3) is 0.544. The van der Waals surface area contributed by atoms with E-state index in [1.807, 2.05) is 27.2 Å². The molecule has 3 unspecified atom stereocenters. The number of aliphatic hydroxyl groups excluding tert-OH is 1. The van der Waals surface area contributed by atoms with Gasteiger partial charge in [-0.1, -0.05) is 228 Å². The molecule has 2 N–H and O–H groups in total. The van der Waals surface area contributed by atoms with Gasteiger partial charge in [0.25, 0.3) is 7.82 Å². The molecule has 432 valence electrons. The van der Waals surface area contributed by atoms with Crippen molar-refractivity contribution in [3.05, 3.63) is 182 Å². The van der Waals surface area contributed by atoms with Crippen molar-refractivity contribution in [1.29, 1.82) is 0 Å². The van der Waals surface area contributed by atoms with Gasteiger partial charge < -0.3 is 28.8 Å². The van der Waals surface area contributed by atoms with Gasteiger partial charge in [0.05, 0.1) is 39.9 Å². The monoisotopic (exact) mass is 1080 g/mol. The highest BCUT2D eigenvalue weighted by Gasteiger charge is 2.23. The lowest BCUT2D eigenvalue weighted by atomic mass is 10.1. The zero-order valence-corrected chi connectivity index (χ0v) is 50.0. The number of hydrogen-bond donors (Lipinski definition) is 2. The molecule has 0 aliphatic heterocycles. The number of unbranched alkanes of at least 4 members (excludes halogenated alkanes) is 10. The maximum Gasteiger partial charge on any atom is 0.268 e. The lowest BCUT2D eigenvalue weighted by Gasteiger charge is -2.29. The number of quaternary nitrogens is 1. The molecule has 0 fully saturated rings. The van der Waals surface area contributed by atoms with Crippen LogP contribution in [0.1, 0.15) is 187 Å². The largest absolute Gasteiger partial charge is 0.756 e. The fourth-order valence-electron chi connectivity index (χ4n) is 7.22. The van der Waals surface area contributed by atoms with E-state index in [2.05, 4.69) is 189 Å². The van der Waals surface area contributed by atoms with Crippen LogP contribution >= 0.6 is 7.82 Å². The van der Waals surface area contributed by atoms with E-state index >= 15 is 0 Å². The van der Waals surface area contributed by atoms with E-state index in [1.54, 1.807) is 6.08 Å². The molecule has 0 aliphatic rings. The Morgan fingerprint density at radius 1 is 0.468 bits per heavy atom. The lowest BCUT2D eigenvalue weighted by molar-refractivity contribution is -0.870. The minimum Gasteiger partial charge on any atom is -0.756 e. The molecular weight excluding hydrogens is 972 g/mol. The van der Waals surface area contributed by atoms with Gasteiger partial charge in [-0.25, -0.2) is 0 Å². The Balaban J connectivity index is 4.33. The first-order valence-electron chi connectivity index (χ1n) is 29.6. The Bertz CT molecular complexity index is 1900. The Labute approximate surface area is 472 Å². The van der Waals surface area contributed by atoms with E-state index in [0.717, 1.165) is 116 Å². The van der Waals surface area contributed by atoms with Crippen LogP contribution < -0.4 is 10.2 Å². The smallest absolute Gasteiger partial charge is 0.268 e. The number of likely N-dealkylation sites (N-methyl/N-ethyl adjacent to an activating group) is 1. The summed E-state index contributed by atoms with van der Waals surface area (Å²) in [5.74, 6) is -0.263. The summed E-state index contributed by atoms with van der Waals surface area (Å²) in [7, 11) is 1.17. The molecule has 77 heavy (non-hydrogen) atoms. The molecule has 0 aromatic carbocycles. The Hall–Kier alpha value is -4.40. The highest BCUT2D eigenvalue weighted by molar-refractivity contribution is 7.45. The van der Waals surface area contributed by atoms with E-state index < -0.39 is 26.6 Å². The number of amides is 1. The van der Waals surface area contributed by atoms with Gasteiger partial charge in [-0.3, -0.25) is 9.36 Å². The van der Waals surface area contributed by atoms with Gasteiger partial charge in [0.2, 0.25) is 5.91 Å². The second-order valence-electron chi connectivity index (χ2n) is 20.2. The van der Waals surface area contributed by atoms with Crippen molar-refractivity contribution in [2.45, 2.75) is 199 Å². The standard InChI is InChI=1S/C68H109N2O6P/c1-6-8-10-12-14-16-18-20-22-24-25-26-27-28-29-30-31-32-33-34-35-36-37-38-39-40-41-42-43-44-45-46-48-50-52-54-56-58-60-62-68(72)69-66(65-76-77(73,74)75-64-63-70(3,4)5)67(71)61-59-57-55-53-51-49-47-23-21-19-17-15-13-11-9-7-2/h8,10,14,16,20-23,25-26,28-29,31-32,34-35,37-38,40-41,43-44,46,48,51-54,59,61,66-67,71H,6-7,9,11-13,15,17-19,24,27,30,33,36,39,42,45,47,49-50,55-58,60,62-65H2,1-5H3,(H-,69,72,73,74)/b10-8-,16-14-,22-20-,23-21+,26-25-,29-28-,32-31-,35-34-,38-37-,41-40-,44-43-,48-46-,53-51+,54-52-,61-59+. The van der Waals surface area contributed by atoms with Gasteiger partial charge in [0.15, 0.2) is 0 Å². The Kier molecular flexibility index (Phi) is 53.1. The Morgan fingerprint density at radius 3 is 1.21 bits per heavy atom. The molecule has 0 spiro atoms. The van der Waals surface area contributed by atoms with Crippen LogP contribution in [0.25, 0.3) is 0 Å². The number of hydrogen-bond acceptors (Lipinski definition) is 6. The van der Waals surface area contributed by atoms with Crippen LogP contribution in [0.15, 0.2) is 182 Å². The number of allylic oxidation sites excluding steroid dienone is 29. The lowest BCUT2D eigenvalue weighted by Crippen LogP contribution is -2.45. The van der Waals surface area contributed by atoms with Crippen molar-refractivity contribution < 1.29 is 32.9 Å². The first-order chi connectivity index (χ1) is 37.5.